The number of benzene rings is 2. The number of amides is 1. The van der Waals surface area contributed by atoms with Gasteiger partial charge in [-0.3, -0.25) is 4.79 Å². The average molecular weight is 414 g/mol. The Bertz CT molecular complexity index is 866. The van der Waals surface area contributed by atoms with E-state index in [2.05, 4.69) is 5.32 Å². The highest BCUT2D eigenvalue weighted by atomic mass is 32.2. The summed E-state index contributed by atoms with van der Waals surface area (Å²) in [6, 6.07) is 11.7. The van der Waals surface area contributed by atoms with Gasteiger partial charge in [-0.05, 0) is 48.5 Å². The van der Waals surface area contributed by atoms with Crippen molar-refractivity contribution in [2.45, 2.75) is 29.4 Å². The summed E-state index contributed by atoms with van der Waals surface area (Å²) >= 11 is 0.425. The molecule has 0 fully saturated rings. The van der Waals surface area contributed by atoms with Crippen LogP contribution in [0.15, 0.2) is 58.3 Å². The van der Waals surface area contributed by atoms with E-state index in [1.165, 1.54) is 52.8 Å². The summed E-state index contributed by atoms with van der Waals surface area (Å²) in [6.45, 7) is 4.24. The molecule has 0 aliphatic heterocycles. The van der Waals surface area contributed by atoms with Gasteiger partial charge in [-0.2, -0.15) is 13.1 Å². The van der Waals surface area contributed by atoms with Gasteiger partial charge in [0, 0.05) is 29.2 Å². The second-order valence-electron chi connectivity index (χ2n) is 5.47. The van der Waals surface area contributed by atoms with Gasteiger partial charge in [-0.15, -0.1) is 0 Å². The van der Waals surface area contributed by atoms with Crippen molar-refractivity contribution >= 4 is 33.4 Å². The largest absolute Gasteiger partial charge is 0.322 e. The van der Waals surface area contributed by atoms with Crippen molar-refractivity contribution in [1.82, 2.24) is 4.31 Å². The number of rotatable bonds is 8. The zero-order valence-electron chi connectivity index (χ0n) is 14.9. The SMILES string of the molecule is CCN(CC)S(=O)(=O)c1ccc(C(=O)Nc2ccc(SC(F)F)cc2)cc1. The lowest BCUT2D eigenvalue weighted by molar-refractivity contribution is 0.102. The normalized spacial score (nSPS) is 11.8. The number of carbonyl (C=O) groups excluding carboxylic acids is 1. The van der Waals surface area contributed by atoms with Gasteiger partial charge in [0.25, 0.3) is 11.7 Å². The third-order valence-electron chi connectivity index (χ3n) is 3.80. The maximum Gasteiger partial charge on any atom is 0.288 e. The second kappa shape index (κ2) is 9.29. The molecule has 0 aliphatic carbocycles. The minimum Gasteiger partial charge on any atom is -0.322 e. The maximum atomic E-state index is 12.4. The van der Waals surface area contributed by atoms with Crippen molar-refractivity contribution in [3.05, 3.63) is 54.1 Å². The van der Waals surface area contributed by atoms with Crippen molar-refractivity contribution in [2.24, 2.45) is 0 Å². The molecular weight excluding hydrogens is 394 g/mol. The molecule has 0 saturated carbocycles. The maximum absolute atomic E-state index is 12.4. The van der Waals surface area contributed by atoms with E-state index in [-0.39, 0.29) is 4.90 Å². The number of carbonyl (C=O) groups is 1. The smallest absolute Gasteiger partial charge is 0.288 e. The van der Waals surface area contributed by atoms with Gasteiger partial charge in [0.05, 0.1) is 4.90 Å². The van der Waals surface area contributed by atoms with E-state index < -0.39 is 21.7 Å². The van der Waals surface area contributed by atoms with Gasteiger partial charge in [-0.25, -0.2) is 8.42 Å². The van der Waals surface area contributed by atoms with E-state index in [4.69, 9.17) is 0 Å². The second-order valence-corrected chi connectivity index (χ2v) is 8.47. The number of sulfonamides is 1. The Morgan fingerprint density at radius 3 is 2.07 bits per heavy atom. The molecule has 27 heavy (non-hydrogen) atoms. The minimum absolute atomic E-state index is 0.121. The number of hydrogen-bond donors (Lipinski definition) is 1. The molecule has 146 valence electrons. The van der Waals surface area contributed by atoms with Crippen molar-refractivity contribution < 1.29 is 22.0 Å². The molecule has 5 nitrogen and oxygen atoms in total. The van der Waals surface area contributed by atoms with Gasteiger partial charge in [0.2, 0.25) is 10.0 Å². The summed E-state index contributed by atoms with van der Waals surface area (Å²) in [6.07, 6.45) is 0. The Morgan fingerprint density at radius 2 is 1.59 bits per heavy atom. The van der Waals surface area contributed by atoms with Crippen molar-refractivity contribution in [3.8, 4) is 0 Å². The van der Waals surface area contributed by atoms with Crippen LogP contribution in [0.2, 0.25) is 0 Å². The topological polar surface area (TPSA) is 66.5 Å². The molecule has 0 atom stereocenters. The van der Waals surface area contributed by atoms with Crippen LogP contribution in [0.5, 0.6) is 0 Å². The Morgan fingerprint density at radius 1 is 1.04 bits per heavy atom. The van der Waals surface area contributed by atoms with Crippen molar-refractivity contribution in [3.63, 3.8) is 0 Å². The summed E-state index contributed by atoms with van der Waals surface area (Å²) in [5, 5.41) is 2.65. The molecule has 0 saturated heterocycles. The van der Waals surface area contributed by atoms with Crippen LogP contribution < -0.4 is 5.32 Å². The first-order valence-electron chi connectivity index (χ1n) is 8.24. The van der Waals surface area contributed by atoms with Gasteiger partial charge >= 0.3 is 0 Å². The Hall–Kier alpha value is -1.97. The van der Waals surface area contributed by atoms with E-state index in [9.17, 15) is 22.0 Å². The van der Waals surface area contributed by atoms with E-state index in [1.54, 1.807) is 13.8 Å². The fraction of sp³-hybridized carbons (Fsp3) is 0.278. The summed E-state index contributed by atoms with van der Waals surface area (Å²) in [5.74, 6) is -2.92. The molecule has 0 unspecified atom stereocenters. The highest BCUT2D eigenvalue weighted by Crippen LogP contribution is 2.26. The zero-order chi connectivity index (χ0) is 20.0. The highest BCUT2D eigenvalue weighted by Gasteiger charge is 2.21. The first-order chi connectivity index (χ1) is 12.8. The lowest BCUT2D eigenvalue weighted by Gasteiger charge is -2.18. The lowest BCUT2D eigenvalue weighted by atomic mass is 10.2. The lowest BCUT2D eigenvalue weighted by Crippen LogP contribution is -2.30. The molecule has 0 radical (unpaired) electrons. The standard InChI is InChI=1S/C18H20F2N2O3S2/c1-3-22(4-2)27(24,25)16-11-5-13(6-12-16)17(23)21-14-7-9-15(10-8-14)26-18(19)20/h5-12,18H,3-4H2,1-2H3,(H,21,23). The van der Waals surface area contributed by atoms with E-state index in [0.717, 1.165) is 0 Å². The molecule has 0 aliphatic rings. The van der Waals surface area contributed by atoms with Crippen LogP contribution in [0.3, 0.4) is 0 Å². The summed E-state index contributed by atoms with van der Waals surface area (Å²) in [4.78, 5) is 12.8. The Labute approximate surface area is 161 Å². The molecule has 9 heteroatoms. The molecule has 0 bridgehead atoms. The van der Waals surface area contributed by atoms with Crippen LogP contribution in [0, 0.1) is 0 Å². The third kappa shape index (κ3) is 5.50. The summed E-state index contributed by atoms with van der Waals surface area (Å²) in [7, 11) is -3.58. The predicted octanol–water partition coefficient (Wildman–Crippen LogP) is 4.28. The number of alkyl halides is 2. The Kier molecular flexibility index (Phi) is 7.34. The molecule has 1 N–H and O–H groups in total. The number of anilines is 1. The summed E-state index contributed by atoms with van der Waals surface area (Å²) < 4.78 is 50.8. The first-order valence-corrected chi connectivity index (χ1v) is 10.6. The number of nitrogens with zero attached hydrogens (tertiary/aromatic N) is 1. The number of nitrogens with one attached hydrogen (secondary N) is 1. The van der Waals surface area contributed by atoms with E-state index in [0.29, 0.717) is 41.0 Å². The van der Waals surface area contributed by atoms with Gasteiger partial charge < -0.3 is 5.32 Å². The monoisotopic (exact) mass is 414 g/mol. The highest BCUT2D eigenvalue weighted by molar-refractivity contribution is 7.99. The van der Waals surface area contributed by atoms with Crippen LogP contribution >= 0.6 is 11.8 Å². The number of thioether (sulfide) groups is 1. The number of halogens is 2. The molecule has 2 aromatic carbocycles. The minimum atomic E-state index is -3.58. The predicted molar refractivity (Wildman–Crippen MR) is 103 cm³/mol. The summed E-state index contributed by atoms with van der Waals surface area (Å²) in [5.41, 5.74) is 0.748. The van der Waals surface area contributed by atoms with Crippen molar-refractivity contribution in [1.29, 1.82) is 0 Å². The molecule has 2 aromatic rings. The Balaban J connectivity index is 2.09. The fourth-order valence-corrected chi connectivity index (χ4v) is 4.37. The molecule has 2 rings (SSSR count). The fourth-order valence-electron chi connectivity index (χ4n) is 2.41. The third-order valence-corrected chi connectivity index (χ3v) is 6.58. The molecule has 0 heterocycles. The number of hydrogen-bond acceptors (Lipinski definition) is 4. The average Bonchev–Trinajstić information content (AvgIpc) is 2.64. The van der Waals surface area contributed by atoms with Crippen LogP contribution in [-0.2, 0) is 10.0 Å². The molecule has 0 aromatic heterocycles. The van der Waals surface area contributed by atoms with Gasteiger partial charge in [0.15, 0.2) is 0 Å². The van der Waals surface area contributed by atoms with Crippen LogP contribution in [-0.4, -0.2) is 37.5 Å². The van der Waals surface area contributed by atoms with E-state index in [1.807, 2.05) is 0 Å². The van der Waals surface area contributed by atoms with Crippen LogP contribution in [0.1, 0.15) is 24.2 Å². The van der Waals surface area contributed by atoms with Crippen LogP contribution in [0.4, 0.5) is 14.5 Å². The van der Waals surface area contributed by atoms with Crippen molar-refractivity contribution in [2.75, 3.05) is 18.4 Å². The molecule has 0 spiro atoms. The van der Waals surface area contributed by atoms with Gasteiger partial charge in [0.1, 0.15) is 0 Å². The van der Waals surface area contributed by atoms with E-state index >= 15 is 0 Å². The molecule has 1 amide bonds. The zero-order valence-corrected chi connectivity index (χ0v) is 16.5. The first kappa shape index (κ1) is 21.3. The quantitative estimate of drug-likeness (QED) is 0.655. The van der Waals surface area contributed by atoms with Crippen LogP contribution in [0.25, 0.3) is 0 Å². The molecular formula is C18H20F2N2O3S2. The van der Waals surface area contributed by atoms with Gasteiger partial charge in [-0.1, -0.05) is 25.6 Å².